The molecule has 4 nitrogen and oxygen atoms in total. The Bertz CT molecular complexity index is 488. The zero-order valence-electron chi connectivity index (χ0n) is 13.2. The SMILES string of the molecule is CCC1CCCCC1Nc1cc(NC(C)=O)ccc1OC. The average Bonchev–Trinajstić information content (AvgIpc) is 2.47. The van der Waals surface area contributed by atoms with E-state index in [4.69, 9.17) is 4.74 Å². The number of nitrogens with one attached hydrogen (secondary N) is 2. The van der Waals surface area contributed by atoms with E-state index in [1.807, 2.05) is 18.2 Å². The van der Waals surface area contributed by atoms with Gasteiger partial charge >= 0.3 is 0 Å². The third kappa shape index (κ3) is 4.13. The molecular weight excluding hydrogens is 264 g/mol. The molecule has 1 amide bonds. The second-order valence-electron chi connectivity index (χ2n) is 5.80. The number of hydrogen-bond donors (Lipinski definition) is 2. The molecule has 0 radical (unpaired) electrons. The van der Waals surface area contributed by atoms with Crippen molar-refractivity contribution in [3.8, 4) is 5.75 Å². The maximum Gasteiger partial charge on any atom is 0.221 e. The standard InChI is InChI=1S/C17H26N2O2/c1-4-13-7-5-6-8-15(13)19-16-11-14(18-12(2)20)9-10-17(16)21-3/h9-11,13,15,19H,4-8H2,1-3H3,(H,18,20). The summed E-state index contributed by atoms with van der Waals surface area (Å²) in [5.41, 5.74) is 1.77. The molecule has 0 saturated heterocycles. The zero-order valence-corrected chi connectivity index (χ0v) is 13.2. The van der Waals surface area contributed by atoms with Gasteiger partial charge in [-0.05, 0) is 37.0 Å². The summed E-state index contributed by atoms with van der Waals surface area (Å²) in [5.74, 6) is 1.48. The van der Waals surface area contributed by atoms with Crippen LogP contribution >= 0.6 is 0 Å². The highest BCUT2D eigenvalue weighted by molar-refractivity contribution is 5.89. The molecule has 0 spiro atoms. The van der Waals surface area contributed by atoms with Gasteiger partial charge in [-0.25, -0.2) is 0 Å². The molecule has 4 heteroatoms. The van der Waals surface area contributed by atoms with E-state index in [1.165, 1.54) is 39.0 Å². The minimum atomic E-state index is -0.0600. The summed E-state index contributed by atoms with van der Waals surface area (Å²) in [4.78, 5) is 11.2. The summed E-state index contributed by atoms with van der Waals surface area (Å²) in [5, 5.41) is 6.46. The molecular formula is C17H26N2O2. The van der Waals surface area contributed by atoms with Crippen LogP contribution in [0, 0.1) is 5.92 Å². The number of carbonyl (C=O) groups is 1. The number of benzene rings is 1. The van der Waals surface area contributed by atoms with Gasteiger partial charge in [-0.1, -0.05) is 26.2 Å². The van der Waals surface area contributed by atoms with Gasteiger partial charge in [0.2, 0.25) is 5.91 Å². The molecule has 2 unspecified atom stereocenters. The largest absolute Gasteiger partial charge is 0.495 e. The number of ether oxygens (including phenoxy) is 1. The van der Waals surface area contributed by atoms with Gasteiger partial charge in [0, 0.05) is 18.7 Å². The van der Waals surface area contributed by atoms with E-state index in [0.29, 0.717) is 12.0 Å². The van der Waals surface area contributed by atoms with E-state index < -0.39 is 0 Å². The second kappa shape index (κ2) is 7.34. The fraction of sp³-hybridized carbons (Fsp3) is 0.588. The first-order chi connectivity index (χ1) is 10.1. The van der Waals surface area contributed by atoms with Crippen LogP contribution in [-0.2, 0) is 4.79 Å². The quantitative estimate of drug-likeness (QED) is 0.860. The van der Waals surface area contributed by atoms with Crippen molar-refractivity contribution in [3.05, 3.63) is 18.2 Å². The van der Waals surface area contributed by atoms with Crippen LogP contribution < -0.4 is 15.4 Å². The number of carbonyl (C=O) groups excluding carboxylic acids is 1. The van der Waals surface area contributed by atoms with Crippen LogP contribution in [0.3, 0.4) is 0 Å². The van der Waals surface area contributed by atoms with Crippen LogP contribution in [0.5, 0.6) is 5.75 Å². The van der Waals surface area contributed by atoms with Crippen molar-refractivity contribution in [2.45, 2.75) is 52.0 Å². The Morgan fingerprint density at radius 1 is 1.33 bits per heavy atom. The van der Waals surface area contributed by atoms with Gasteiger partial charge in [0.15, 0.2) is 0 Å². The molecule has 1 fully saturated rings. The topological polar surface area (TPSA) is 50.4 Å². The van der Waals surface area contributed by atoms with E-state index >= 15 is 0 Å². The molecule has 21 heavy (non-hydrogen) atoms. The van der Waals surface area contributed by atoms with Crippen LogP contribution in [0.15, 0.2) is 18.2 Å². The molecule has 1 aliphatic rings. The lowest BCUT2D eigenvalue weighted by atomic mass is 9.83. The van der Waals surface area contributed by atoms with Gasteiger partial charge in [-0.3, -0.25) is 4.79 Å². The first-order valence-electron chi connectivity index (χ1n) is 7.86. The molecule has 2 atom stereocenters. The normalized spacial score (nSPS) is 21.7. The van der Waals surface area contributed by atoms with Gasteiger partial charge in [-0.2, -0.15) is 0 Å². The van der Waals surface area contributed by atoms with Crippen molar-refractivity contribution in [1.29, 1.82) is 0 Å². The number of anilines is 2. The fourth-order valence-electron chi connectivity index (χ4n) is 3.19. The van der Waals surface area contributed by atoms with Gasteiger partial charge in [-0.15, -0.1) is 0 Å². The van der Waals surface area contributed by atoms with Crippen molar-refractivity contribution in [3.63, 3.8) is 0 Å². The average molecular weight is 290 g/mol. The Morgan fingerprint density at radius 3 is 2.76 bits per heavy atom. The van der Waals surface area contributed by atoms with E-state index in [0.717, 1.165) is 17.1 Å². The first-order valence-corrected chi connectivity index (χ1v) is 7.86. The summed E-state index contributed by atoms with van der Waals surface area (Å²) in [7, 11) is 1.68. The summed E-state index contributed by atoms with van der Waals surface area (Å²) >= 11 is 0. The van der Waals surface area contributed by atoms with Crippen molar-refractivity contribution in [2.24, 2.45) is 5.92 Å². The molecule has 1 aromatic rings. The molecule has 0 aliphatic heterocycles. The van der Waals surface area contributed by atoms with E-state index in [-0.39, 0.29) is 5.91 Å². The van der Waals surface area contributed by atoms with Crippen LogP contribution in [0.2, 0.25) is 0 Å². The van der Waals surface area contributed by atoms with E-state index in [1.54, 1.807) is 7.11 Å². The van der Waals surface area contributed by atoms with E-state index in [2.05, 4.69) is 17.6 Å². The molecule has 1 saturated carbocycles. The molecule has 0 heterocycles. The summed E-state index contributed by atoms with van der Waals surface area (Å²) < 4.78 is 5.44. The van der Waals surface area contributed by atoms with Crippen molar-refractivity contribution < 1.29 is 9.53 Å². The Labute approximate surface area is 127 Å². The van der Waals surface area contributed by atoms with Gasteiger partial charge in [0.05, 0.1) is 12.8 Å². The molecule has 1 aliphatic carbocycles. The number of rotatable bonds is 5. The van der Waals surface area contributed by atoms with Crippen molar-refractivity contribution >= 4 is 17.3 Å². The fourth-order valence-corrected chi connectivity index (χ4v) is 3.19. The number of amides is 1. The zero-order chi connectivity index (χ0) is 15.2. The maximum absolute atomic E-state index is 11.2. The highest BCUT2D eigenvalue weighted by Gasteiger charge is 2.24. The highest BCUT2D eigenvalue weighted by Crippen LogP contribution is 2.34. The summed E-state index contributed by atoms with van der Waals surface area (Å²) in [6, 6.07) is 6.22. The predicted octanol–water partition coefficient (Wildman–Crippen LogP) is 4.03. The van der Waals surface area contributed by atoms with Crippen molar-refractivity contribution in [2.75, 3.05) is 17.7 Å². The molecule has 116 valence electrons. The minimum Gasteiger partial charge on any atom is -0.495 e. The number of methoxy groups -OCH3 is 1. The molecule has 0 bridgehead atoms. The lowest BCUT2D eigenvalue weighted by molar-refractivity contribution is -0.114. The van der Waals surface area contributed by atoms with Crippen LogP contribution in [0.25, 0.3) is 0 Å². The first kappa shape index (κ1) is 15.7. The third-order valence-electron chi connectivity index (χ3n) is 4.29. The smallest absolute Gasteiger partial charge is 0.221 e. The lowest BCUT2D eigenvalue weighted by Crippen LogP contribution is -2.32. The molecule has 1 aromatic carbocycles. The minimum absolute atomic E-state index is 0.0600. The van der Waals surface area contributed by atoms with Crippen molar-refractivity contribution in [1.82, 2.24) is 0 Å². The molecule has 2 rings (SSSR count). The predicted molar refractivity (Wildman–Crippen MR) is 87.0 cm³/mol. The molecule has 0 aromatic heterocycles. The Balaban J connectivity index is 2.17. The van der Waals surface area contributed by atoms with Gasteiger partial charge < -0.3 is 15.4 Å². The Kier molecular flexibility index (Phi) is 5.48. The van der Waals surface area contributed by atoms with Crippen LogP contribution in [0.4, 0.5) is 11.4 Å². The summed E-state index contributed by atoms with van der Waals surface area (Å²) in [6.45, 7) is 3.78. The Hall–Kier alpha value is -1.71. The van der Waals surface area contributed by atoms with Gasteiger partial charge in [0.1, 0.15) is 5.75 Å². The van der Waals surface area contributed by atoms with Crippen LogP contribution in [0.1, 0.15) is 46.0 Å². The lowest BCUT2D eigenvalue weighted by Gasteiger charge is -2.32. The van der Waals surface area contributed by atoms with E-state index in [9.17, 15) is 4.79 Å². The highest BCUT2D eigenvalue weighted by atomic mass is 16.5. The second-order valence-corrected chi connectivity index (χ2v) is 5.80. The third-order valence-corrected chi connectivity index (χ3v) is 4.29. The Morgan fingerprint density at radius 2 is 2.10 bits per heavy atom. The van der Waals surface area contributed by atoms with Crippen LogP contribution in [-0.4, -0.2) is 19.1 Å². The number of hydrogen-bond acceptors (Lipinski definition) is 3. The monoisotopic (exact) mass is 290 g/mol. The molecule has 2 N–H and O–H groups in total. The van der Waals surface area contributed by atoms with Gasteiger partial charge in [0.25, 0.3) is 0 Å². The summed E-state index contributed by atoms with van der Waals surface area (Å²) in [6.07, 6.45) is 6.31. The maximum atomic E-state index is 11.2.